The van der Waals surface area contributed by atoms with Crippen LogP contribution in [0.5, 0.6) is 0 Å². The van der Waals surface area contributed by atoms with Crippen LogP contribution < -0.4 is 0 Å². The minimum absolute atomic E-state index is 0.00244. The largest absolute Gasteiger partial charge is 0.225 e. The van der Waals surface area contributed by atoms with Crippen LogP contribution in [0.4, 0.5) is 0 Å². The second-order valence-electron chi connectivity index (χ2n) is 13.6. The van der Waals surface area contributed by atoms with Crippen molar-refractivity contribution < 1.29 is 9.78 Å². The molecule has 0 bridgehead atoms. The van der Waals surface area contributed by atoms with Crippen LogP contribution >= 0.6 is 0 Å². The van der Waals surface area contributed by atoms with Gasteiger partial charge in [-0.05, 0) is 83.7 Å². The standard InChI is InChI=1S/C32H50O2/c1-21(2)23-15-17-25(27(19-23)29(5,6)7)31(11,12)33-34-32(13,14)26-18-16-24(22(3)4)20-28(26)30(8,9)10/h15-22H,1-14H3. The van der Waals surface area contributed by atoms with Crippen LogP contribution in [0, 0.1) is 0 Å². The van der Waals surface area contributed by atoms with Crippen LogP contribution in [0.25, 0.3) is 0 Å². The predicted molar refractivity (Wildman–Crippen MR) is 147 cm³/mol. The van der Waals surface area contributed by atoms with Crippen LogP contribution in [-0.4, -0.2) is 0 Å². The molecule has 0 aromatic heterocycles. The zero-order valence-electron chi connectivity index (χ0n) is 24.4. The van der Waals surface area contributed by atoms with Crippen LogP contribution in [0.1, 0.15) is 142 Å². The molecule has 0 spiro atoms. The van der Waals surface area contributed by atoms with Crippen molar-refractivity contribution in [3.63, 3.8) is 0 Å². The van der Waals surface area contributed by atoms with Gasteiger partial charge in [0.1, 0.15) is 11.2 Å². The van der Waals surface area contributed by atoms with Crippen LogP contribution in [-0.2, 0) is 31.8 Å². The van der Waals surface area contributed by atoms with Gasteiger partial charge in [-0.1, -0.05) is 106 Å². The molecule has 2 aromatic carbocycles. The van der Waals surface area contributed by atoms with Crippen molar-refractivity contribution in [3.05, 3.63) is 69.8 Å². The molecule has 2 heteroatoms. The highest BCUT2D eigenvalue weighted by atomic mass is 17.2. The lowest BCUT2D eigenvalue weighted by molar-refractivity contribution is -0.410. The zero-order valence-corrected chi connectivity index (χ0v) is 24.4. The molecule has 2 aromatic rings. The molecule has 0 aliphatic carbocycles. The smallest absolute Gasteiger partial charge is 0.123 e. The second-order valence-corrected chi connectivity index (χ2v) is 13.6. The van der Waals surface area contributed by atoms with E-state index in [4.69, 9.17) is 9.78 Å². The molecule has 0 saturated carbocycles. The molecule has 0 unspecified atom stereocenters. The highest BCUT2D eigenvalue weighted by Crippen LogP contribution is 2.41. The van der Waals surface area contributed by atoms with Gasteiger partial charge >= 0.3 is 0 Å². The van der Waals surface area contributed by atoms with Crippen molar-refractivity contribution in [2.24, 2.45) is 0 Å². The van der Waals surface area contributed by atoms with E-state index in [0.717, 1.165) is 0 Å². The first-order valence-electron chi connectivity index (χ1n) is 12.9. The third-order valence-electron chi connectivity index (χ3n) is 6.79. The fraction of sp³-hybridized carbons (Fsp3) is 0.625. The minimum atomic E-state index is -0.602. The molecule has 0 atom stereocenters. The summed E-state index contributed by atoms with van der Waals surface area (Å²) in [4.78, 5) is 12.6. The van der Waals surface area contributed by atoms with Gasteiger partial charge in [0.15, 0.2) is 0 Å². The Morgan fingerprint density at radius 1 is 0.471 bits per heavy atom. The van der Waals surface area contributed by atoms with E-state index in [1.807, 2.05) is 0 Å². The Kier molecular flexibility index (Phi) is 8.23. The van der Waals surface area contributed by atoms with Crippen molar-refractivity contribution in [2.75, 3.05) is 0 Å². The molecular weight excluding hydrogens is 416 g/mol. The number of benzene rings is 2. The topological polar surface area (TPSA) is 18.5 Å². The van der Waals surface area contributed by atoms with Crippen molar-refractivity contribution in [3.8, 4) is 0 Å². The van der Waals surface area contributed by atoms with Gasteiger partial charge in [-0.25, -0.2) is 9.78 Å². The van der Waals surface area contributed by atoms with Gasteiger partial charge in [-0.15, -0.1) is 0 Å². The lowest BCUT2D eigenvalue weighted by Crippen LogP contribution is -2.33. The first-order chi connectivity index (χ1) is 15.3. The molecule has 0 aliphatic heterocycles. The predicted octanol–water partition coefficient (Wildman–Crippen LogP) is 9.65. The van der Waals surface area contributed by atoms with E-state index in [1.165, 1.54) is 33.4 Å². The van der Waals surface area contributed by atoms with E-state index < -0.39 is 11.2 Å². The molecule has 0 saturated heterocycles. The molecule has 0 fully saturated rings. The fourth-order valence-electron chi connectivity index (χ4n) is 4.43. The van der Waals surface area contributed by atoms with Crippen molar-refractivity contribution in [1.82, 2.24) is 0 Å². The van der Waals surface area contributed by atoms with Gasteiger partial charge in [0.2, 0.25) is 0 Å². The Morgan fingerprint density at radius 3 is 1.00 bits per heavy atom. The Morgan fingerprint density at radius 2 is 0.765 bits per heavy atom. The molecule has 0 heterocycles. The molecule has 34 heavy (non-hydrogen) atoms. The number of hydrogen-bond donors (Lipinski definition) is 0. The summed E-state index contributed by atoms with van der Waals surface area (Å²) in [5.41, 5.74) is 6.47. The molecular formula is C32H50O2. The lowest BCUT2D eigenvalue weighted by Gasteiger charge is -2.37. The monoisotopic (exact) mass is 466 g/mol. The molecule has 0 aliphatic rings. The lowest BCUT2D eigenvalue weighted by atomic mass is 9.77. The SMILES string of the molecule is CC(C)c1ccc(C(C)(C)OOC(C)(C)c2ccc(C(C)C)cc2C(C)(C)C)c(C(C)(C)C)c1. The Bertz CT molecular complexity index is 898. The van der Waals surface area contributed by atoms with Gasteiger partial charge in [0.05, 0.1) is 0 Å². The average Bonchev–Trinajstić information content (AvgIpc) is 2.70. The first-order valence-corrected chi connectivity index (χ1v) is 12.9. The third-order valence-corrected chi connectivity index (χ3v) is 6.79. The molecule has 0 N–H and O–H groups in total. The minimum Gasteiger partial charge on any atom is -0.225 e. The fourth-order valence-corrected chi connectivity index (χ4v) is 4.43. The summed E-state index contributed by atoms with van der Waals surface area (Å²) in [5, 5.41) is 0. The van der Waals surface area contributed by atoms with E-state index in [1.54, 1.807) is 0 Å². The maximum atomic E-state index is 6.32. The third kappa shape index (κ3) is 6.52. The molecule has 2 rings (SSSR count). The van der Waals surface area contributed by atoms with Crippen LogP contribution in [0.3, 0.4) is 0 Å². The second kappa shape index (κ2) is 9.78. The van der Waals surface area contributed by atoms with Crippen molar-refractivity contribution >= 4 is 0 Å². The van der Waals surface area contributed by atoms with E-state index in [2.05, 4.69) is 133 Å². The summed E-state index contributed by atoms with van der Waals surface area (Å²) in [6.07, 6.45) is 0. The summed E-state index contributed by atoms with van der Waals surface area (Å²) in [6.45, 7) is 31.0. The van der Waals surface area contributed by atoms with Gasteiger partial charge in [0, 0.05) is 0 Å². The van der Waals surface area contributed by atoms with Crippen molar-refractivity contribution in [1.29, 1.82) is 0 Å². The summed E-state index contributed by atoms with van der Waals surface area (Å²) in [7, 11) is 0. The highest BCUT2D eigenvalue weighted by molar-refractivity contribution is 5.42. The zero-order chi connectivity index (χ0) is 26.3. The maximum absolute atomic E-state index is 6.32. The summed E-state index contributed by atoms with van der Waals surface area (Å²) < 4.78 is 0. The van der Waals surface area contributed by atoms with Gasteiger partial charge in [0.25, 0.3) is 0 Å². The van der Waals surface area contributed by atoms with E-state index in [-0.39, 0.29) is 10.8 Å². The molecule has 2 nitrogen and oxygen atoms in total. The average molecular weight is 467 g/mol. The Labute approximate surface area is 210 Å². The summed E-state index contributed by atoms with van der Waals surface area (Å²) in [6, 6.07) is 13.6. The first kappa shape index (κ1) is 28.6. The summed E-state index contributed by atoms with van der Waals surface area (Å²) in [5.74, 6) is 0.970. The maximum Gasteiger partial charge on any atom is 0.123 e. The highest BCUT2D eigenvalue weighted by Gasteiger charge is 2.36. The van der Waals surface area contributed by atoms with Crippen LogP contribution in [0.2, 0.25) is 0 Å². The Hall–Kier alpha value is -1.64. The summed E-state index contributed by atoms with van der Waals surface area (Å²) >= 11 is 0. The molecule has 190 valence electrons. The van der Waals surface area contributed by atoms with Crippen LogP contribution in [0.15, 0.2) is 36.4 Å². The van der Waals surface area contributed by atoms with Gasteiger partial charge in [-0.3, -0.25) is 0 Å². The van der Waals surface area contributed by atoms with Gasteiger partial charge in [-0.2, -0.15) is 0 Å². The van der Waals surface area contributed by atoms with Gasteiger partial charge < -0.3 is 0 Å². The van der Waals surface area contributed by atoms with E-state index >= 15 is 0 Å². The van der Waals surface area contributed by atoms with E-state index in [0.29, 0.717) is 11.8 Å². The quantitative estimate of drug-likeness (QED) is 0.299. The Balaban J connectivity index is 2.45. The molecule has 0 radical (unpaired) electrons. The normalized spacial score (nSPS) is 13.8. The number of rotatable bonds is 7. The number of hydrogen-bond acceptors (Lipinski definition) is 2. The van der Waals surface area contributed by atoms with Crippen molar-refractivity contribution in [2.45, 2.75) is 131 Å². The van der Waals surface area contributed by atoms with E-state index in [9.17, 15) is 0 Å². The molecule has 0 amide bonds.